The van der Waals surface area contributed by atoms with Gasteiger partial charge in [0.25, 0.3) is 0 Å². The molecule has 1 saturated heterocycles. The van der Waals surface area contributed by atoms with Gasteiger partial charge in [-0.25, -0.2) is 0 Å². The van der Waals surface area contributed by atoms with Crippen LogP contribution in [-0.4, -0.2) is 44.2 Å². The Kier molecular flexibility index (Phi) is 5.23. The van der Waals surface area contributed by atoms with Crippen LogP contribution in [0.2, 0.25) is 0 Å². The predicted molar refractivity (Wildman–Crippen MR) is 82.7 cm³/mol. The number of piperazine rings is 1. The Morgan fingerprint density at radius 3 is 2.53 bits per heavy atom. The number of nitrogens with zero attached hydrogens (tertiary/aromatic N) is 2. The van der Waals surface area contributed by atoms with E-state index in [9.17, 15) is 0 Å². The average Bonchev–Trinajstić information content (AvgIpc) is 2.45. The van der Waals surface area contributed by atoms with Crippen molar-refractivity contribution in [3.63, 3.8) is 0 Å². The van der Waals surface area contributed by atoms with Crippen molar-refractivity contribution < 1.29 is 0 Å². The van der Waals surface area contributed by atoms with Crippen LogP contribution >= 0.6 is 0 Å². The molecule has 106 valence electrons. The zero-order chi connectivity index (χ0) is 13.7. The lowest BCUT2D eigenvalue weighted by molar-refractivity contribution is 0.218. The summed E-state index contributed by atoms with van der Waals surface area (Å²) in [4.78, 5) is 5.06. The van der Waals surface area contributed by atoms with Gasteiger partial charge in [-0.2, -0.15) is 0 Å². The topological polar surface area (TPSA) is 32.5 Å². The number of hydrogen-bond donors (Lipinski definition) is 1. The molecule has 1 aromatic carbocycles. The summed E-state index contributed by atoms with van der Waals surface area (Å²) in [6.07, 6.45) is 1.19. The summed E-state index contributed by atoms with van der Waals surface area (Å²) in [6.45, 7) is 10.9. The molecule has 3 heteroatoms. The Hall–Kier alpha value is -1.06. The van der Waals surface area contributed by atoms with Crippen LogP contribution in [0.15, 0.2) is 24.3 Å². The van der Waals surface area contributed by atoms with Crippen molar-refractivity contribution in [1.82, 2.24) is 4.90 Å². The highest BCUT2D eigenvalue weighted by Crippen LogP contribution is 2.18. The number of rotatable bonds is 5. The summed E-state index contributed by atoms with van der Waals surface area (Å²) in [5.74, 6) is 0.658. The van der Waals surface area contributed by atoms with Crippen molar-refractivity contribution in [2.75, 3.05) is 44.2 Å². The molecule has 1 unspecified atom stereocenters. The molecule has 0 saturated carbocycles. The van der Waals surface area contributed by atoms with E-state index in [1.54, 1.807) is 0 Å². The van der Waals surface area contributed by atoms with Gasteiger partial charge in [-0.3, -0.25) is 4.90 Å². The van der Waals surface area contributed by atoms with Crippen LogP contribution in [0.3, 0.4) is 0 Å². The number of nitrogens with two attached hydrogens (primary N) is 1. The van der Waals surface area contributed by atoms with Gasteiger partial charge >= 0.3 is 0 Å². The smallest absolute Gasteiger partial charge is 0.0369 e. The number of anilines is 1. The monoisotopic (exact) mass is 261 g/mol. The Balaban J connectivity index is 1.85. The molecule has 1 fully saturated rings. The molecule has 0 spiro atoms. The molecule has 1 heterocycles. The summed E-state index contributed by atoms with van der Waals surface area (Å²) >= 11 is 0. The first kappa shape index (κ1) is 14.4. The van der Waals surface area contributed by atoms with Gasteiger partial charge in [0.05, 0.1) is 0 Å². The summed E-state index contributed by atoms with van der Waals surface area (Å²) in [7, 11) is 0. The molecule has 0 aromatic heterocycles. The zero-order valence-corrected chi connectivity index (χ0v) is 12.3. The molecular formula is C16H27N3. The molecule has 1 atom stereocenters. The van der Waals surface area contributed by atoms with Crippen LogP contribution in [0.5, 0.6) is 0 Å². The molecule has 2 N–H and O–H groups in total. The minimum atomic E-state index is 0.658. The molecule has 2 rings (SSSR count). The van der Waals surface area contributed by atoms with Crippen molar-refractivity contribution in [2.24, 2.45) is 11.7 Å². The maximum atomic E-state index is 5.80. The first-order valence-corrected chi connectivity index (χ1v) is 7.47. The van der Waals surface area contributed by atoms with E-state index in [4.69, 9.17) is 5.73 Å². The molecule has 1 aliphatic rings. The fourth-order valence-corrected chi connectivity index (χ4v) is 2.75. The third-order valence-corrected chi connectivity index (χ3v) is 4.17. The van der Waals surface area contributed by atoms with Crippen molar-refractivity contribution in [3.05, 3.63) is 29.8 Å². The second-order valence-electron chi connectivity index (χ2n) is 5.64. The Labute approximate surface area is 117 Å². The zero-order valence-electron chi connectivity index (χ0n) is 12.3. The van der Waals surface area contributed by atoms with Gasteiger partial charge in [0.15, 0.2) is 0 Å². The summed E-state index contributed by atoms with van der Waals surface area (Å²) < 4.78 is 0. The Morgan fingerprint density at radius 2 is 1.95 bits per heavy atom. The van der Waals surface area contributed by atoms with Crippen molar-refractivity contribution in [2.45, 2.75) is 20.3 Å². The highest BCUT2D eigenvalue weighted by molar-refractivity contribution is 5.48. The van der Waals surface area contributed by atoms with Crippen molar-refractivity contribution >= 4 is 5.69 Å². The van der Waals surface area contributed by atoms with Crippen molar-refractivity contribution in [1.29, 1.82) is 0 Å². The van der Waals surface area contributed by atoms with E-state index < -0.39 is 0 Å². The lowest BCUT2D eigenvalue weighted by Gasteiger charge is -2.37. The Bertz CT molecular complexity index is 379. The summed E-state index contributed by atoms with van der Waals surface area (Å²) in [5.41, 5.74) is 8.51. The third-order valence-electron chi connectivity index (χ3n) is 4.17. The second kappa shape index (κ2) is 6.92. The minimum Gasteiger partial charge on any atom is -0.369 e. The van der Waals surface area contributed by atoms with Gasteiger partial charge in [0.2, 0.25) is 0 Å². The van der Waals surface area contributed by atoms with E-state index in [-0.39, 0.29) is 0 Å². The molecule has 19 heavy (non-hydrogen) atoms. The third kappa shape index (κ3) is 3.95. The average molecular weight is 261 g/mol. The molecule has 1 aromatic rings. The summed E-state index contributed by atoms with van der Waals surface area (Å²) in [5, 5.41) is 0. The highest BCUT2D eigenvalue weighted by atomic mass is 15.3. The molecular weight excluding hydrogens is 234 g/mol. The van der Waals surface area contributed by atoms with Crippen LogP contribution in [0.1, 0.15) is 18.9 Å². The van der Waals surface area contributed by atoms with Crippen molar-refractivity contribution in [3.8, 4) is 0 Å². The van der Waals surface area contributed by atoms with Gasteiger partial charge in [-0.1, -0.05) is 25.5 Å². The van der Waals surface area contributed by atoms with Gasteiger partial charge in [0.1, 0.15) is 0 Å². The molecule has 1 aliphatic heterocycles. The van der Waals surface area contributed by atoms with Gasteiger partial charge < -0.3 is 10.6 Å². The second-order valence-corrected chi connectivity index (χ2v) is 5.64. The SMILES string of the molecule is CCC(CN)CN1CCN(c2cccc(C)c2)CC1. The Morgan fingerprint density at radius 1 is 1.21 bits per heavy atom. The maximum absolute atomic E-state index is 5.80. The van der Waals surface area contributed by atoms with Gasteiger partial charge in [-0.05, 0) is 37.1 Å². The van der Waals surface area contributed by atoms with E-state index in [0.29, 0.717) is 5.92 Å². The van der Waals surface area contributed by atoms with Crippen LogP contribution in [-0.2, 0) is 0 Å². The normalized spacial score (nSPS) is 18.6. The van der Waals surface area contributed by atoms with Crippen LogP contribution in [0.25, 0.3) is 0 Å². The lowest BCUT2D eigenvalue weighted by atomic mass is 10.1. The van der Waals surface area contributed by atoms with E-state index in [1.165, 1.54) is 17.7 Å². The van der Waals surface area contributed by atoms with Gasteiger partial charge in [-0.15, -0.1) is 0 Å². The van der Waals surface area contributed by atoms with E-state index in [2.05, 4.69) is 47.9 Å². The predicted octanol–water partition coefficient (Wildman–Crippen LogP) is 2.10. The molecule has 0 aliphatic carbocycles. The standard InChI is InChI=1S/C16H27N3/c1-3-15(12-17)13-18-7-9-19(10-8-18)16-6-4-5-14(2)11-16/h4-6,11,15H,3,7-10,12-13,17H2,1-2H3. The summed E-state index contributed by atoms with van der Waals surface area (Å²) in [6, 6.07) is 8.81. The number of aryl methyl sites for hydroxylation is 1. The number of benzene rings is 1. The minimum absolute atomic E-state index is 0.658. The lowest BCUT2D eigenvalue weighted by Crippen LogP contribution is -2.48. The maximum Gasteiger partial charge on any atom is 0.0369 e. The quantitative estimate of drug-likeness (QED) is 0.881. The largest absolute Gasteiger partial charge is 0.369 e. The highest BCUT2D eigenvalue weighted by Gasteiger charge is 2.19. The number of hydrogen-bond acceptors (Lipinski definition) is 3. The van der Waals surface area contributed by atoms with Gasteiger partial charge in [0, 0.05) is 38.4 Å². The fraction of sp³-hybridized carbons (Fsp3) is 0.625. The van der Waals surface area contributed by atoms with Crippen LogP contribution in [0.4, 0.5) is 5.69 Å². The van der Waals surface area contributed by atoms with E-state index >= 15 is 0 Å². The molecule has 0 bridgehead atoms. The first-order valence-electron chi connectivity index (χ1n) is 7.47. The molecule has 0 radical (unpaired) electrons. The fourth-order valence-electron chi connectivity index (χ4n) is 2.75. The van der Waals surface area contributed by atoms with Crippen LogP contribution < -0.4 is 10.6 Å². The molecule has 3 nitrogen and oxygen atoms in total. The molecule has 0 amide bonds. The van der Waals surface area contributed by atoms with Crippen LogP contribution in [0, 0.1) is 12.8 Å². The van der Waals surface area contributed by atoms with E-state index in [0.717, 1.165) is 39.3 Å². The van der Waals surface area contributed by atoms with E-state index in [1.807, 2.05) is 0 Å². The first-order chi connectivity index (χ1) is 9.22.